The SMILES string of the molecule is COC(=O)C(N)Cc1cn(C)c2ccc(OC)c([N+](=O)[O-])c12. The van der Waals surface area contributed by atoms with Crippen LogP contribution < -0.4 is 10.5 Å². The maximum atomic E-state index is 11.5. The minimum atomic E-state index is -0.888. The summed E-state index contributed by atoms with van der Waals surface area (Å²) < 4.78 is 11.4. The summed E-state index contributed by atoms with van der Waals surface area (Å²) in [6.45, 7) is 0. The number of nitrogens with zero attached hydrogens (tertiary/aromatic N) is 2. The molecule has 1 atom stereocenters. The lowest BCUT2D eigenvalue weighted by molar-refractivity contribution is -0.384. The number of nitro groups is 1. The molecule has 0 aliphatic heterocycles. The van der Waals surface area contributed by atoms with Crippen molar-refractivity contribution in [2.45, 2.75) is 12.5 Å². The number of carbonyl (C=O) groups is 1. The summed E-state index contributed by atoms with van der Waals surface area (Å²) in [5.41, 5.74) is 6.90. The molecule has 1 aromatic carbocycles. The highest BCUT2D eigenvalue weighted by molar-refractivity contribution is 5.95. The average Bonchev–Trinajstić information content (AvgIpc) is 2.81. The second-order valence-electron chi connectivity index (χ2n) is 4.87. The van der Waals surface area contributed by atoms with Crippen LogP contribution >= 0.6 is 0 Å². The Morgan fingerprint density at radius 3 is 2.68 bits per heavy atom. The molecule has 0 saturated heterocycles. The Balaban J connectivity index is 2.64. The van der Waals surface area contributed by atoms with Gasteiger partial charge in [0, 0.05) is 19.7 Å². The number of fused-ring (bicyclic) bond motifs is 1. The molecule has 8 heteroatoms. The van der Waals surface area contributed by atoms with Crippen molar-refractivity contribution in [2.24, 2.45) is 12.8 Å². The third-order valence-corrected chi connectivity index (χ3v) is 3.52. The topological polar surface area (TPSA) is 110 Å². The maximum absolute atomic E-state index is 11.5. The Morgan fingerprint density at radius 2 is 2.14 bits per heavy atom. The van der Waals surface area contributed by atoms with Gasteiger partial charge in [0.1, 0.15) is 6.04 Å². The Bertz CT molecular complexity index is 738. The van der Waals surface area contributed by atoms with Gasteiger partial charge in [-0.2, -0.15) is 0 Å². The fourth-order valence-corrected chi connectivity index (χ4v) is 2.51. The predicted octanol–water partition coefficient (Wildman–Crippen LogP) is 1.14. The number of rotatable bonds is 5. The first-order chi connectivity index (χ1) is 10.4. The molecule has 0 aliphatic rings. The molecule has 118 valence electrons. The maximum Gasteiger partial charge on any atom is 0.322 e. The molecule has 0 saturated carbocycles. The van der Waals surface area contributed by atoms with Gasteiger partial charge < -0.3 is 19.8 Å². The minimum absolute atomic E-state index is 0.132. The van der Waals surface area contributed by atoms with Crippen LogP contribution in [0.1, 0.15) is 5.56 Å². The second-order valence-corrected chi connectivity index (χ2v) is 4.87. The minimum Gasteiger partial charge on any atom is -0.490 e. The molecule has 0 aliphatic carbocycles. The Morgan fingerprint density at radius 1 is 1.45 bits per heavy atom. The number of hydrogen-bond donors (Lipinski definition) is 1. The first-order valence-corrected chi connectivity index (χ1v) is 6.53. The first kappa shape index (κ1) is 15.8. The van der Waals surface area contributed by atoms with E-state index in [1.165, 1.54) is 14.2 Å². The molecule has 1 aromatic heterocycles. The van der Waals surface area contributed by atoms with Gasteiger partial charge >= 0.3 is 11.7 Å². The van der Waals surface area contributed by atoms with Gasteiger partial charge in [0.05, 0.1) is 30.0 Å². The van der Waals surface area contributed by atoms with E-state index >= 15 is 0 Å². The molecule has 2 aromatic rings. The molecule has 1 unspecified atom stereocenters. The van der Waals surface area contributed by atoms with Crippen LogP contribution in [0, 0.1) is 10.1 Å². The average molecular weight is 307 g/mol. The largest absolute Gasteiger partial charge is 0.490 e. The molecule has 8 nitrogen and oxygen atoms in total. The van der Waals surface area contributed by atoms with Crippen LogP contribution in [-0.2, 0) is 23.0 Å². The number of methoxy groups -OCH3 is 2. The number of carbonyl (C=O) groups excluding carboxylic acids is 1. The van der Waals surface area contributed by atoms with Gasteiger partial charge in [0.25, 0.3) is 0 Å². The number of aryl methyl sites for hydroxylation is 1. The van der Waals surface area contributed by atoms with Crippen molar-refractivity contribution in [3.63, 3.8) is 0 Å². The zero-order valence-electron chi connectivity index (χ0n) is 12.5. The molecule has 0 radical (unpaired) electrons. The number of nitro benzene ring substituents is 1. The Kier molecular flexibility index (Phi) is 4.32. The van der Waals surface area contributed by atoms with E-state index in [9.17, 15) is 14.9 Å². The summed E-state index contributed by atoms with van der Waals surface area (Å²) in [6, 6.07) is 2.39. The summed E-state index contributed by atoms with van der Waals surface area (Å²) in [6.07, 6.45) is 1.86. The molecule has 22 heavy (non-hydrogen) atoms. The van der Waals surface area contributed by atoms with E-state index in [2.05, 4.69) is 4.74 Å². The summed E-state index contributed by atoms with van der Waals surface area (Å²) >= 11 is 0. The first-order valence-electron chi connectivity index (χ1n) is 6.53. The van der Waals surface area contributed by atoms with Crippen molar-refractivity contribution in [3.8, 4) is 5.75 Å². The summed E-state index contributed by atoms with van der Waals surface area (Å²) in [5, 5.41) is 11.8. The highest BCUT2D eigenvalue weighted by Gasteiger charge is 2.26. The van der Waals surface area contributed by atoms with E-state index in [0.29, 0.717) is 16.5 Å². The Hall–Kier alpha value is -2.61. The van der Waals surface area contributed by atoms with E-state index in [4.69, 9.17) is 10.5 Å². The highest BCUT2D eigenvalue weighted by Crippen LogP contribution is 2.38. The van der Waals surface area contributed by atoms with Gasteiger partial charge in [0.2, 0.25) is 0 Å². The smallest absolute Gasteiger partial charge is 0.322 e. The van der Waals surface area contributed by atoms with Crippen LogP contribution in [0.2, 0.25) is 0 Å². The number of benzene rings is 1. The van der Waals surface area contributed by atoms with Gasteiger partial charge in [-0.25, -0.2) is 0 Å². The highest BCUT2D eigenvalue weighted by atomic mass is 16.6. The van der Waals surface area contributed by atoms with E-state index in [1.54, 1.807) is 29.9 Å². The van der Waals surface area contributed by atoms with Gasteiger partial charge in [-0.3, -0.25) is 14.9 Å². The summed E-state index contributed by atoms with van der Waals surface area (Å²) in [5.74, 6) is -0.404. The molecule has 2 N–H and O–H groups in total. The number of esters is 1. The van der Waals surface area contributed by atoms with Crippen molar-refractivity contribution in [1.82, 2.24) is 4.57 Å². The van der Waals surface area contributed by atoms with Crippen molar-refractivity contribution in [2.75, 3.05) is 14.2 Å². The number of aromatic nitrogens is 1. The van der Waals surface area contributed by atoms with Crippen molar-refractivity contribution in [1.29, 1.82) is 0 Å². The quantitative estimate of drug-likeness (QED) is 0.504. The standard InChI is InChI=1S/C14H17N3O5/c1-16-7-8(6-9(15)14(18)22-3)12-10(16)4-5-11(21-2)13(12)17(19)20/h4-5,7,9H,6,15H2,1-3H3. The lowest BCUT2D eigenvalue weighted by Crippen LogP contribution is -2.33. The zero-order chi connectivity index (χ0) is 16.4. The monoisotopic (exact) mass is 307 g/mol. The predicted molar refractivity (Wildman–Crippen MR) is 79.8 cm³/mol. The molecule has 0 bridgehead atoms. The van der Waals surface area contributed by atoms with E-state index < -0.39 is 16.9 Å². The molecule has 1 heterocycles. The third-order valence-electron chi connectivity index (χ3n) is 3.52. The van der Waals surface area contributed by atoms with Gasteiger partial charge in [-0.05, 0) is 17.7 Å². The lowest BCUT2D eigenvalue weighted by Gasteiger charge is -2.09. The van der Waals surface area contributed by atoms with Crippen molar-refractivity contribution in [3.05, 3.63) is 34.0 Å². The number of hydrogen-bond acceptors (Lipinski definition) is 6. The van der Waals surface area contributed by atoms with E-state index in [0.717, 1.165) is 0 Å². The van der Waals surface area contributed by atoms with Crippen molar-refractivity contribution < 1.29 is 19.2 Å². The molecule has 2 rings (SSSR count). The van der Waals surface area contributed by atoms with Crippen LogP contribution in [0.25, 0.3) is 10.9 Å². The van der Waals surface area contributed by atoms with Crippen LogP contribution in [0.5, 0.6) is 5.75 Å². The number of ether oxygens (including phenoxy) is 2. The normalized spacial score (nSPS) is 12.2. The summed E-state index contributed by atoms with van der Waals surface area (Å²) in [7, 11) is 4.39. The van der Waals surface area contributed by atoms with Crippen LogP contribution in [-0.4, -0.2) is 35.7 Å². The van der Waals surface area contributed by atoms with E-state index in [-0.39, 0.29) is 17.9 Å². The third kappa shape index (κ3) is 2.60. The molecule has 0 spiro atoms. The van der Waals surface area contributed by atoms with Crippen LogP contribution in [0.15, 0.2) is 18.3 Å². The molecule has 0 amide bonds. The second kappa shape index (κ2) is 6.02. The van der Waals surface area contributed by atoms with E-state index in [1.807, 2.05) is 0 Å². The van der Waals surface area contributed by atoms with Gasteiger partial charge in [-0.15, -0.1) is 0 Å². The fourth-order valence-electron chi connectivity index (χ4n) is 2.51. The van der Waals surface area contributed by atoms with Crippen LogP contribution in [0.3, 0.4) is 0 Å². The molecule has 0 fully saturated rings. The molecular weight excluding hydrogens is 290 g/mol. The Labute approximate surface area is 126 Å². The lowest BCUT2D eigenvalue weighted by atomic mass is 10.0. The van der Waals surface area contributed by atoms with Gasteiger partial charge in [-0.1, -0.05) is 0 Å². The van der Waals surface area contributed by atoms with Crippen LogP contribution in [0.4, 0.5) is 5.69 Å². The molecular formula is C14H17N3O5. The summed E-state index contributed by atoms with van der Waals surface area (Å²) in [4.78, 5) is 22.4. The van der Waals surface area contributed by atoms with Gasteiger partial charge in [0.15, 0.2) is 5.75 Å². The zero-order valence-corrected chi connectivity index (χ0v) is 12.5. The number of nitrogens with two attached hydrogens (primary N) is 1. The van der Waals surface area contributed by atoms with Crippen molar-refractivity contribution >= 4 is 22.6 Å². The fraction of sp³-hybridized carbons (Fsp3) is 0.357.